The minimum atomic E-state index is -0.634. The number of carbonyl (C=O) groups excluding carboxylic acids is 1. The Morgan fingerprint density at radius 1 is 0.941 bits per heavy atom. The number of hydrogen-bond donors (Lipinski definition) is 0. The number of nitro groups is 1. The lowest BCUT2D eigenvalue weighted by molar-refractivity contribution is -0.402. The molecule has 9 heteroatoms. The molecule has 8 nitrogen and oxygen atoms in total. The molecule has 34 heavy (non-hydrogen) atoms. The fourth-order valence-electron chi connectivity index (χ4n) is 4.61. The number of rotatable bonds is 5. The van der Waals surface area contributed by atoms with E-state index < -0.39 is 10.8 Å². The highest BCUT2D eigenvalue weighted by molar-refractivity contribution is 5.92. The lowest BCUT2D eigenvalue weighted by Gasteiger charge is -2.37. The first-order valence-electron chi connectivity index (χ1n) is 11.2. The average molecular weight is 483 g/mol. The maximum atomic E-state index is 12.7. The summed E-state index contributed by atoms with van der Waals surface area (Å²) in [4.78, 5) is 29.5. The van der Waals surface area contributed by atoms with Gasteiger partial charge in [-0.3, -0.25) is 19.8 Å². The van der Waals surface area contributed by atoms with Crippen molar-refractivity contribution in [1.82, 2.24) is 9.80 Å². The zero-order valence-corrected chi connectivity index (χ0v) is 19.6. The third kappa shape index (κ3) is 5.08. The molecular weight excluding hydrogens is 456 g/mol. The minimum Gasteiger partial charge on any atom is -0.395 e. The van der Waals surface area contributed by atoms with Gasteiger partial charge in [0, 0.05) is 51.5 Å². The van der Waals surface area contributed by atoms with Crippen molar-refractivity contribution < 1.29 is 14.1 Å². The van der Waals surface area contributed by atoms with Crippen molar-refractivity contribution in [3.8, 4) is 0 Å². The molecule has 0 saturated carbocycles. The number of anilines is 1. The predicted molar refractivity (Wildman–Crippen MR) is 131 cm³/mol. The molecule has 5 rings (SSSR count). The Morgan fingerprint density at radius 3 is 2.41 bits per heavy atom. The molecular formula is C25H27ClN4O4. The number of halogens is 1. The lowest BCUT2D eigenvalue weighted by atomic mass is 9.98. The molecule has 3 heterocycles. The van der Waals surface area contributed by atoms with E-state index in [1.165, 1.54) is 28.9 Å². The van der Waals surface area contributed by atoms with Gasteiger partial charge in [0.2, 0.25) is 0 Å². The van der Waals surface area contributed by atoms with Crippen molar-refractivity contribution in [2.45, 2.75) is 19.5 Å². The zero-order chi connectivity index (χ0) is 22.8. The van der Waals surface area contributed by atoms with Gasteiger partial charge in [0.15, 0.2) is 5.76 Å². The normalized spacial score (nSPS) is 16.0. The highest BCUT2D eigenvalue weighted by Crippen LogP contribution is 2.27. The number of furan rings is 1. The monoisotopic (exact) mass is 482 g/mol. The van der Waals surface area contributed by atoms with E-state index in [0.29, 0.717) is 13.1 Å². The molecule has 1 fully saturated rings. The van der Waals surface area contributed by atoms with Gasteiger partial charge in [0.05, 0.1) is 6.07 Å². The van der Waals surface area contributed by atoms with E-state index in [-0.39, 0.29) is 24.1 Å². The fourth-order valence-corrected chi connectivity index (χ4v) is 4.61. The second-order valence-electron chi connectivity index (χ2n) is 8.57. The van der Waals surface area contributed by atoms with Crippen LogP contribution < -0.4 is 4.90 Å². The summed E-state index contributed by atoms with van der Waals surface area (Å²) >= 11 is 0. The Bertz CT molecular complexity index is 1160. The smallest absolute Gasteiger partial charge is 0.395 e. The molecule has 3 aromatic rings. The van der Waals surface area contributed by atoms with Crippen LogP contribution in [0.4, 0.5) is 11.6 Å². The molecule has 1 amide bonds. The van der Waals surface area contributed by atoms with Gasteiger partial charge in [-0.05, 0) is 41.3 Å². The third-order valence-corrected chi connectivity index (χ3v) is 6.46. The summed E-state index contributed by atoms with van der Waals surface area (Å²) in [7, 11) is 0. The number of amides is 1. The Morgan fingerprint density at radius 2 is 1.71 bits per heavy atom. The summed E-state index contributed by atoms with van der Waals surface area (Å²) < 4.78 is 5.09. The van der Waals surface area contributed by atoms with Gasteiger partial charge in [-0.1, -0.05) is 36.4 Å². The summed E-state index contributed by atoms with van der Waals surface area (Å²) in [5, 5.41) is 10.8. The first-order valence-corrected chi connectivity index (χ1v) is 11.2. The Balaban J connectivity index is 0.00000274. The van der Waals surface area contributed by atoms with Crippen molar-refractivity contribution >= 4 is 29.9 Å². The number of fused-ring (bicyclic) bond motifs is 1. The molecule has 0 N–H and O–H groups in total. The van der Waals surface area contributed by atoms with E-state index in [1.807, 2.05) is 0 Å². The van der Waals surface area contributed by atoms with Gasteiger partial charge in [-0.2, -0.15) is 0 Å². The second kappa shape index (κ2) is 10.3. The molecule has 2 aliphatic rings. The van der Waals surface area contributed by atoms with E-state index in [4.69, 9.17) is 4.42 Å². The summed E-state index contributed by atoms with van der Waals surface area (Å²) in [5.41, 5.74) is 4.95. The van der Waals surface area contributed by atoms with E-state index in [2.05, 4.69) is 58.3 Å². The number of carbonyl (C=O) groups is 1. The predicted octanol–water partition coefficient (Wildman–Crippen LogP) is 4.13. The van der Waals surface area contributed by atoms with Crippen LogP contribution in [0.2, 0.25) is 0 Å². The van der Waals surface area contributed by atoms with Crippen LogP contribution in [0.1, 0.15) is 27.2 Å². The van der Waals surface area contributed by atoms with E-state index in [1.54, 1.807) is 4.90 Å². The van der Waals surface area contributed by atoms with Crippen molar-refractivity contribution in [2.75, 3.05) is 37.6 Å². The maximum Gasteiger partial charge on any atom is 0.433 e. The third-order valence-electron chi connectivity index (χ3n) is 6.46. The zero-order valence-electron chi connectivity index (χ0n) is 18.8. The molecule has 0 atom stereocenters. The van der Waals surface area contributed by atoms with E-state index in [0.717, 1.165) is 44.7 Å². The van der Waals surface area contributed by atoms with Gasteiger partial charge < -0.3 is 14.2 Å². The largest absolute Gasteiger partial charge is 0.433 e. The fraction of sp³-hybridized carbons (Fsp3) is 0.320. The molecule has 0 radical (unpaired) electrons. The maximum absolute atomic E-state index is 12.7. The van der Waals surface area contributed by atoms with Gasteiger partial charge >= 0.3 is 5.88 Å². The topological polar surface area (TPSA) is 83.1 Å². The van der Waals surface area contributed by atoms with Crippen LogP contribution in [-0.2, 0) is 19.5 Å². The Hall–Kier alpha value is -3.36. The van der Waals surface area contributed by atoms with Gasteiger partial charge in [-0.15, -0.1) is 12.4 Å². The quantitative estimate of drug-likeness (QED) is 0.401. The first-order chi connectivity index (χ1) is 16.1. The molecule has 178 valence electrons. The van der Waals surface area contributed by atoms with Crippen LogP contribution in [0.15, 0.2) is 65.1 Å². The van der Waals surface area contributed by atoms with Gasteiger partial charge in [0.25, 0.3) is 5.91 Å². The second-order valence-corrected chi connectivity index (χ2v) is 8.57. The van der Waals surface area contributed by atoms with Crippen molar-refractivity contribution in [1.29, 1.82) is 0 Å². The minimum absolute atomic E-state index is 0. The van der Waals surface area contributed by atoms with E-state index >= 15 is 0 Å². The van der Waals surface area contributed by atoms with Crippen LogP contribution in [0, 0.1) is 10.1 Å². The van der Waals surface area contributed by atoms with Crippen LogP contribution in [0.3, 0.4) is 0 Å². The Labute approximate surface area is 204 Å². The van der Waals surface area contributed by atoms with Gasteiger partial charge in [-0.25, -0.2) is 0 Å². The lowest BCUT2D eigenvalue weighted by Crippen LogP contribution is -2.46. The molecule has 2 aromatic carbocycles. The molecule has 0 bridgehead atoms. The summed E-state index contributed by atoms with van der Waals surface area (Å²) in [6.07, 6.45) is 0.756. The molecule has 1 aromatic heterocycles. The highest BCUT2D eigenvalue weighted by Gasteiger charge is 2.26. The standard InChI is InChI=1S/C25H26N4O4.ClH/c30-25(23-8-9-24(33-23)29(31)32)28-11-10-20-16-22(7-6-21(20)18-28)27-14-12-26(13-15-27)17-19-4-2-1-3-5-19;/h1-9,16H,10-15,17-18H2;1H. The van der Waals surface area contributed by atoms with Gasteiger partial charge in [0.1, 0.15) is 4.92 Å². The molecule has 1 saturated heterocycles. The molecule has 0 aliphatic carbocycles. The number of nitrogens with zero attached hydrogens (tertiary/aromatic N) is 4. The van der Waals surface area contributed by atoms with Crippen molar-refractivity contribution in [2.24, 2.45) is 0 Å². The van der Waals surface area contributed by atoms with Crippen LogP contribution in [-0.4, -0.2) is 53.4 Å². The van der Waals surface area contributed by atoms with E-state index in [9.17, 15) is 14.9 Å². The van der Waals surface area contributed by atoms with Crippen LogP contribution in [0.25, 0.3) is 0 Å². The molecule has 2 aliphatic heterocycles. The van der Waals surface area contributed by atoms with Crippen molar-refractivity contribution in [3.05, 3.63) is 93.2 Å². The SMILES string of the molecule is Cl.O=C(c1ccc([N+](=O)[O-])o1)N1CCc2cc(N3CCN(Cc4ccccc4)CC3)ccc2C1. The van der Waals surface area contributed by atoms with Crippen LogP contribution in [0.5, 0.6) is 0 Å². The average Bonchev–Trinajstić information content (AvgIpc) is 3.35. The number of hydrogen-bond acceptors (Lipinski definition) is 6. The Kier molecular flexibility index (Phi) is 7.19. The van der Waals surface area contributed by atoms with Crippen molar-refractivity contribution in [3.63, 3.8) is 0 Å². The number of piperazine rings is 1. The first kappa shape index (κ1) is 23.8. The molecule has 0 spiro atoms. The highest BCUT2D eigenvalue weighted by atomic mass is 35.5. The summed E-state index contributed by atoms with van der Waals surface area (Å²) in [5.74, 6) is -0.716. The van der Waals surface area contributed by atoms with Crippen LogP contribution >= 0.6 is 12.4 Å². The molecule has 0 unspecified atom stereocenters. The number of benzene rings is 2. The summed E-state index contributed by atoms with van der Waals surface area (Å²) in [6.45, 7) is 6.08. The summed E-state index contributed by atoms with van der Waals surface area (Å²) in [6, 6.07) is 19.7.